The topological polar surface area (TPSA) is 0 Å². The Labute approximate surface area is 215 Å². The summed E-state index contributed by atoms with van der Waals surface area (Å²) in [7, 11) is 0. The summed E-state index contributed by atoms with van der Waals surface area (Å²) in [4.78, 5) is 0. The van der Waals surface area contributed by atoms with Gasteiger partial charge in [0.25, 0.3) is 0 Å². The molecular weight excluding hydrogens is 444 g/mol. The van der Waals surface area contributed by atoms with Gasteiger partial charge in [-0.1, -0.05) is 94.3 Å². The van der Waals surface area contributed by atoms with Crippen LogP contribution in [0.5, 0.6) is 0 Å². The molecule has 0 bridgehead atoms. The lowest BCUT2D eigenvalue weighted by Crippen LogP contribution is -1.98. The second-order valence-corrected chi connectivity index (χ2v) is 10.6. The second kappa shape index (κ2) is 11.0. The first-order valence-corrected chi connectivity index (χ1v) is 14.1. The number of benzene rings is 5. The Kier molecular flexibility index (Phi) is 7.59. The van der Waals surface area contributed by atoms with Gasteiger partial charge in [0.05, 0.1) is 5.02 Å². The van der Waals surface area contributed by atoms with Crippen molar-refractivity contribution in [1.29, 1.82) is 0 Å². The van der Waals surface area contributed by atoms with Gasteiger partial charge in [-0.15, -0.1) is 0 Å². The molecular formula is C34H37Cl. The zero-order chi connectivity index (χ0) is 24.2. The van der Waals surface area contributed by atoms with Crippen molar-refractivity contribution in [1.82, 2.24) is 0 Å². The van der Waals surface area contributed by atoms with Crippen LogP contribution >= 0.6 is 11.6 Å². The molecule has 0 atom stereocenters. The molecule has 0 aliphatic rings. The van der Waals surface area contributed by atoms with E-state index in [4.69, 9.17) is 11.6 Å². The van der Waals surface area contributed by atoms with Crippen LogP contribution in [0.15, 0.2) is 66.7 Å². The van der Waals surface area contributed by atoms with E-state index in [0.29, 0.717) is 0 Å². The molecule has 0 nitrogen and oxygen atoms in total. The third kappa shape index (κ3) is 5.19. The average Bonchev–Trinajstić information content (AvgIpc) is 2.87. The third-order valence-corrected chi connectivity index (χ3v) is 8.06. The third-order valence-electron chi connectivity index (χ3n) is 7.63. The van der Waals surface area contributed by atoms with E-state index in [0.717, 1.165) is 17.9 Å². The Bertz CT molecular complexity index is 1480. The lowest BCUT2D eigenvalue weighted by molar-refractivity contribution is 0.651. The van der Waals surface area contributed by atoms with Crippen LogP contribution in [0.3, 0.4) is 0 Å². The smallest absolute Gasteiger partial charge is 0.0519 e. The molecule has 0 amide bonds. The molecule has 0 fully saturated rings. The maximum Gasteiger partial charge on any atom is 0.0519 e. The van der Waals surface area contributed by atoms with Crippen molar-refractivity contribution in [3.05, 3.63) is 82.9 Å². The first-order valence-electron chi connectivity index (χ1n) is 13.7. The lowest BCUT2D eigenvalue weighted by Gasteiger charge is -2.16. The molecule has 5 aromatic rings. The van der Waals surface area contributed by atoms with Crippen molar-refractivity contribution in [3.63, 3.8) is 0 Å². The molecule has 0 unspecified atom stereocenters. The van der Waals surface area contributed by atoms with E-state index in [-0.39, 0.29) is 0 Å². The van der Waals surface area contributed by atoms with Crippen LogP contribution in [0.25, 0.3) is 43.1 Å². The fourth-order valence-electron chi connectivity index (χ4n) is 5.61. The minimum Gasteiger partial charge on any atom is -0.0833 e. The van der Waals surface area contributed by atoms with Gasteiger partial charge in [-0.3, -0.25) is 0 Å². The molecule has 35 heavy (non-hydrogen) atoms. The highest BCUT2D eigenvalue weighted by molar-refractivity contribution is 6.37. The van der Waals surface area contributed by atoms with Crippen LogP contribution in [0.1, 0.15) is 76.3 Å². The molecule has 5 rings (SSSR count). The molecule has 0 aliphatic carbocycles. The van der Waals surface area contributed by atoms with Crippen LogP contribution in [-0.2, 0) is 12.8 Å². The van der Waals surface area contributed by atoms with Crippen molar-refractivity contribution in [2.24, 2.45) is 0 Å². The van der Waals surface area contributed by atoms with Crippen LogP contribution in [-0.4, -0.2) is 0 Å². The number of halogens is 1. The Morgan fingerprint density at radius 1 is 0.514 bits per heavy atom. The van der Waals surface area contributed by atoms with E-state index in [2.05, 4.69) is 80.6 Å². The predicted molar refractivity (Wildman–Crippen MR) is 157 cm³/mol. The standard InChI is InChI=1S/C34H37Cl/c1-3-5-7-9-15-26-19-31-22-29-20-27-17-24-13-11-12-14-25(24)18-28(27)21-30(29)23-33(31)34(35)32(26)16-10-8-6-4-2/h11-14,17-23H,3-10,15-16H2,1-2H3. The second-order valence-electron chi connectivity index (χ2n) is 10.3. The molecule has 0 aliphatic heterocycles. The number of hydrogen-bond donors (Lipinski definition) is 0. The van der Waals surface area contributed by atoms with E-state index in [9.17, 15) is 0 Å². The quantitative estimate of drug-likeness (QED) is 0.138. The van der Waals surface area contributed by atoms with Crippen molar-refractivity contribution in [3.8, 4) is 0 Å². The Hall–Kier alpha value is -2.57. The van der Waals surface area contributed by atoms with E-state index in [1.54, 1.807) is 0 Å². The summed E-state index contributed by atoms with van der Waals surface area (Å²) in [6, 6.07) is 25.1. The number of rotatable bonds is 10. The molecule has 0 radical (unpaired) electrons. The monoisotopic (exact) mass is 480 g/mol. The van der Waals surface area contributed by atoms with Crippen molar-refractivity contribution < 1.29 is 0 Å². The van der Waals surface area contributed by atoms with E-state index in [1.165, 1.54) is 106 Å². The van der Waals surface area contributed by atoms with Gasteiger partial charge in [0, 0.05) is 5.39 Å². The van der Waals surface area contributed by atoms with Crippen molar-refractivity contribution >= 4 is 54.7 Å². The fraction of sp³-hybridized carbons (Fsp3) is 0.353. The highest BCUT2D eigenvalue weighted by Crippen LogP contribution is 2.37. The molecule has 0 aromatic heterocycles. The molecule has 0 N–H and O–H groups in total. The largest absolute Gasteiger partial charge is 0.0833 e. The molecule has 1 heteroatoms. The molecule has 0 heterocycles. The van der Waals surface area contributed by atoms with Gasteiger partial charge < -0.3 is 0 Å². The summed E-state index contributed by atoms with van der Waals surface area (Å²) in [5.74, 6) is 0. The number of unbranched alkanes of at least 4 members (excludes halogenated alkanes) is 6. The molecule has 0 spiro atoms. The van der Waals surface area contributed by atoms with Gasteiger partial charge >= 0.3 is 0 Å². The van der Waals surface area contributed by atoms with Gasteiger partial charge in [-0.05, 0) is 111 Å². The minimum absolute atomic E-state index is 0.991. The van der Waals surface area contributed by atoms with Crippen LogP contribution in [0.4, 0.5) is 0 Å². The first kappa shape index (κ1) is 24.1. The summed E-state index contributed by atoms with van der Waals surface area (Å²) in [6.07, 6.45) is 12.5. The first-order chi connectivity index (χ1) is 17.2. The Morgan fingerprint density at radius 2 is 1.03 bits per heavy atom. The van der Waals surface area contributed by atoms with Crippen molar-refractivity contribution in [2.45, 2.75) is 78.1 Å². The summed E-state index contributed by atoms with van der Waals surface area (Å²) in [5, 5.41) is 11.2. The van der Waals surface area contributed by atoms with Crippen molar-refractivity contribution in [2.75, 3.05) is 0 Å². The maximum atomic E-state index is 7.20. The Balaban J connectivity index is 1.61. The van der Waals surface area contributed by atoms with E-state index < -0.39 is 0 Å². The summed E-state index contributed by atoms with van der Waals surface area (Å²) in [6.45, 7) is 4.56. The summed E-state index contributed by atoms with van der Waals surface area (Å²) >= 11 is 7.20. The minimum atomic E-state index is 0.991. The summed E-state index contributed by atoms with van der Waals surface area (Å²) in [5.41, 5.74) is 2.87. The highest BCUT2D eigenvalue weighted by atomic mass is 35.5. The molecule has 0 saturated carbocycles. The summed E-state index contributed by atoms with van der Waals surface area (Å²) < 4.78 is 0. The van der Waals surface area contributed by atoms with Gasteiger partial charge in [0.15, 0.2) is 0 Å². The zero-order valence-corrected chi connectivity index (χ0v) is 22.1. The fourth-order valence-corrected chi connectivity index (χ4v) is 5.99. The van der Waals surface area contributed by atoms with E-state index in [1.807, 2.05) is 0 Å². The molecule has 0 saturated heterocycles. The highest BCUT2D eigenvalue weighted by Gasteiger charge is 2.14. The van der Waals surface area contributed by atoms with E-state index >= 15 is 0 Å². The van der Waals surface area contributed by atoms with Gasteiger partial charge in [0.2, 0.25) is 0 Å². The molecule has 5 aromatic carbocycles. The number of fused-ring (bicyclic) bond motifs is 4. The zero-order valence-electron chi connectivity index (χ0n) is 21.3. The van der Waals surface area contributed by atoms with Crippen LogP contribution in [0.2, 0.25) is 5.02 Å². The number of aryl methyl sites for hydroxylation is 1. The number of hydrogen-bond acceptors (Lipinski definition) is 0. The predicted octanol–water partition coefficient (Wildman–Crippen LogP) is 11.2. The Morgan fingerprint density at radius 3 is 1.63 bits per heavy atom. The maximum absolute atomic E-state index is 7.20. The lowest BCUT2D eigenvalue weighted by atomic mass is 9.91. The van der Waals surface area contributed by atoms with Crippen LogP contribution in [0, 0.1) is 0 Å². The molecule has 180 valence electrons. The SMILES string of the molecule is CCCCCCc1cc2cc3cc4cc5ccccc5cc4cc3cc2c(Cl)c1CCCCCC. The average molecular weight is 481 g/mol. The van der Waals surface area contributed by atoms with Gasteiger partial charge in [0.1, 0.15) is 0 Å². The normalized spacial score (nSPS) is 11.9. The van der Waals surface area contributed by atoms with Gasteiger partial charge in [-0.25, -0.2) is 0 Å². The van der Waals surface area contributed by atoms with Crippen LogP contribution < -0.4 is 0 Å². The van der Waals surface area contributed by atoms with Gasteiger partial charge in [-0.2, -0.15) is 0 Å².